The number of nitrogens with one attached hydrogen (secondary N) is 1. The van der Waals surface area contributed by atoms with E-state index in [1.54, 1.807) is 0 Å². The number of nitro groups is 1. The van der Waals surface area contributed by atoms with Gasteiger partial charge in [-0.3, -0.25) is 19.5 Å². The molecule has 172 valence electrons. The van der Waals surface area contributed by atoms with Gasteiger partial charge in [-0.05, 0) is 18.9 Å². The number of aromatic nitrogens is 3. The number of hydrogen-bond donors (Lipinski definition) is 1. The van der Waals surface area contributed by atoms with Crippen LogP contribution >= 0.6 is 11.8 Å². The van der Waals surface area contributed by atoms with Crippen LogP contribution in [0.25, 0.3) is 0 Å². The number of carbonyl (C=O) groups excluding carboxylic acids is 1. The summed E-state index contributed by atoms with van der Waals surface area (Å²) < 4.78 is 27.1. The standard InChI is InChI=1S/C19H23FN6O5S/c20-15-4-3-13(26(28)29)10-16(15)21-17(27)12-32-19-23-22-18(24-5-8-30-9-6-24)25(19)11-14-2-1-7-31-14/h3-4,10,14H,1-2,5-9,11-12H2,(H,21,27). The molecule has 2 aliphatic rings. The van der Waals surface area contributed by atoms with Crippen molar-refractivity contribution >= 4 is 35.0 Å². The number of non-ortho nitro benzene ring substituents is 1. The molecule has 1 aromatic carbocycles. The Morgan fingerprint density at radius 2 is 2.12 bits per heavy atom. The van der Waals surface area contributed by atoms with Gasteiger partial charge in [0, 0.05) is 31.8 Å². The van der Waals surface area contributed by atoms with Crippen molar-refractivity contribution < 1.29 is 23.6 Å². The van der Waals surface area contributed by atoms with Crippen LogP contribution in [0.15, 0.2) is 23.4 Å². The molecule has 13 heteroatoms. The zero-order chi connectivity index (χ0) is 22.5. The number of halogens is 1. The van der Waals surface area contributed by atoms with Gasteiger partial charge in [-0.1, -0.05) is 11.8 Å². The molecule has 1 atom stereocenters. The molecule has 1 aromatic heterocycles. The van der Waals surface area contributed by atoms with Crippen LogP contribution in [-0.4, -0.2) is 70.4 Å². The Morgan fingerprint density at radius 1 is 1.31 bits per heavy atom. The molecule has 3 heterocycles. The third kappa shape index (κ3) is 5.34. The topological polar surface area (TPSA) is 125 Å². The second kappa shape index (κ2) is 10.2. The first kappa shape index (κ1) is 22.4. The molecule has 0 aliphatic carbocycles. The minimum Gasteiger partial charge on any atom is -0.378 e. The predicted molar refractivity (Wildman–Crippen MR) is 114 cm³/mol. The Balaban J connectivity index is 1.45. The number of hydrogen-bond acceptors (Lipinski definition) is 9. The number of amides is 1. The van der Waals surface area contributed by atoms with E-state index in [1.807, 2.05) is 4.57 Å². The van der Waals surface area contributed by atoms with Gasteiger partial charge in [0.2, 0.25) is 11.9 Å². The molecule has 1 amide bonds. The van der Waals surface area contributed by atoms with Crippen LogP contribution in [-0.2, 0) is 20.8 Å². The lowest BCUT2D eigenvalue weighted by molar-refractivity contribution is -0.384. The fraction of sp³-hybridized carbons (Fsp3) is 0.526. The van der Waals surface area contributed by atoms with E-state index >= 15 is 0 Å². The number of nitro benzene ring substituents is 1. The number of anilines is 2. The normalized spacial score (nSPS) is 18.7. The van der Waals surface area contributed by atoms with E-state index in [9.17, 15) is 19.3 Å². The monoisotopic (exact) mass is 466 g/mol. The van der Waals surface area contributed by atoms with E-state index in [0.717, 1.165) is 37.6 Å². The van der Waals surface area contributed by atoms with Gasteiger partial charge in [-0.2, -0.15) is 0 Å². The van der Waals surface area contributed by atoms with Crippen LogP contribution < -0.4 is 10.2 Å². The van der Waals surface area contributed by atoms with Gasteiger partial charge in [0.25, 0.3) is 5.69 Å². The molecular weight excluding hydrogens is 443 g/mol. The quantitative estimate of drug-likeness (QED) is 0.354. The Morgan fingerprint density at radius 3 is 2.84 bits per heavy atom. The van der Waals surface area contributed by atoms with Gasteiger partial charge in [-0.15, -0.1) is 10.2 Å². The van der Waals surface area contributed by atoms with Gasteiger partial charge < -0.3 is 19.7 Å². The lowest BCUT2D eigenvalue weighted by Gasteiger charge is -2.28. The summed E-state index contributed by atoms with van der Waals surface area (Å²) in [4.78, 5) is 24.7. The number of thioether (sulfide) groups is 1. The molecular formula is C19H23FN6O5S. The second-order valence-corrected chi connectivity index (χ2v) is 8.33. The van der Waals surface area contributed by atoms with Crippen LogP contribution in [0, 0.1) is 15.9 Å². The number of benzene rings is 1. The maximum Gasteiger partial charge on any atom is 0.271 e. The van der Waals surface area contributed by atoms with Crippen molar-refractivity contribution in [3.05, 3.63) is 34.1 Å². The third-order valence-electron chi connectivity index (χ3n) is 5.17. The van der Waals surface area contributed by atoms with Crippen molar-refractivity contribution in [2.24, 2.45) is 0 Å². The molecule has 2 saturated heterocycles. The summed E-state index contributed by atoms with van der Waals surface area (Å²) in [7, 11) is 0. The summed E-state index contributed by atoms with van der Waals surface area (Å²) >= 11 is 1.17. The third-order valence-corrected chi connectivity index (χ3v) is 6.14. The largest absolute Gasteiger partial charge is 0.378 e. The van der Waals surface area contributed by atoms with Crippen molar-refractivity contribution in [1.29, 1.82) is 0 Å². The molecule has 0 bridgehead atoms. The lowest BCUT2D eigenvalue weighted by atomic mass is 10.2. The first-order chi connectivity index (χ1) is 15.5. The molecule has 1 unspecified atom stereocenters. The second-order valence-electron chi connectivity index (χ2n) is 7.39. The Labute approximate surface area is 187 Å². The highest BCUT2D eigenvalue weighted by Gasteiger charge is 2.25. The van der Waals surface area contributed by atoms with Crippen LogP contribution in [0.1, 0.15) is 12.8 Å². The molecule has 1 N–H and O–H groups in total. The fourth-order valence-corrected chi connectivity index (χ4v) is 4.32. The molecule has 0 radical (unpaired) electrons. The van der Waals surface area contributed by atoms with E-state index in [4.69, 9.17) is 9.47 Å². The van der Waals surface area contributed by atoms with Crippen LogP contribution in [0.4, 0.5) is 21.7 Å². The average molecular weight is 466 g/mol. The lowest BCUT2D eigenvalue weighted by Crippen LogP contribution is -2.38. The summed E-state index contributed by atoms with van der Waals surface area (Å²) in [5.41, 5.74) is -0.541. The minimum absolute atomic E-state index is 0.0536. The van der Waals surface area contributed by atoms with Crippen molar-refractivity contribution in [3.63, 3.8) is 0 Å². The number of ether oxygens (including phenoxy) is 2. The number of carbonyl (C=O) groups is 1. The summed E-state index contributed by atoms with van der Waals surface area (Å²) in [5.74, 6) is -0.606. The fourth-order valence-electron chi connectivity index (χ4n) is 3.58. The van der Waals surface area contributed by atoms with Crippen molar-refractivity contribution in [3.8, 4) is 0 Å². The summed E-state index contributed by atoms with van der Waals surface area (Å²) in [6.45, 7) is 3.89. The molecule has 2 fully saturated rings. The molecule has 0 spiro atoms. The number of nitrogens with zero attached hydrogens (tertiary/aromatic N) is 5. The summed E-state index contributed by atoms with van der Waals surface area (Å²) in [6, 6.07) is 2.99. The van der Waals surface area contributed by atoms with Gasteiger partial charge in [0.15, 0.2) is 5.16 Å². The first-order valence-corrected chi connectivity index (χ1v) is 11.2. The Kier molecular flexibility index (Phi) is 7.17. The van der Waals surface area contributed by atoms with E-state index in [2.05, 4.69) is 20.4 Å². The number of morpholine rings is 1. The van der Waals surface area contributed by atoms with Crippen molar-refractivity contribution in [2.75, 3.05) is 48.9 Å². The highest BCUT2D eigenvalue weighted by Crippen LogP contribution is 2.26. The molecule has 11 nitrogen and oxygen atoms in total. The average Bonchev–Trinajstić information content (AvgIpc) is 3.45. The SMILES string of the molecule is O=C(CSc1nnc(N2CCOCC2)n1CC1CCCO1)Nc1cc([N+](=O)[O-])ccc1F. The smallest absolute Gasteiger partial charge is 0.271 e. The van der Waals surface area contributed by atoms with Gasteiger partial charge in [0.05, 0.1) is 42.2 Å². The van der Waals surface area contributed by atoms with E-state index in [-0.39, 0.29) is 23.2 Å². The molecule has 2 aromatic rings. The van der Waals surface area contributed by atoms with Crippen LogP contribution in [0.3, 0.4) is 0 Å². The van der Waals surface area contributed by atoms with Gasteiger partial charge >= 0.3 is 0 Å². The predicted octanol–water partition coefficient (Wildman–Crippen LogP) is 2.07. The Bertz CT molecular complexity index is 977. The molecule has 2 aliphatic heterocycles. The molecule has 0 saturated carbocycles. The van der Waals surface area contributed by atoms with E-state index in [0.29, 0.717) is 44.0 Å². The zero-order valence-electron chi connectivity index (χ0n) is 17.2. The Hall–Kier alpha value is -2.77. The zero-order valence-corrected chi connectivity index (χ0v) is 18.1. The maximum atomic E-state index is 14.0. The van der Waals surface area contributed by atoms with E-state index in [1.165, 1.54) is 11.8 Å². The summed E-state index contributed by atoms with van der Waals surface area (Å²) in [6.07, 6.45) is 1.99. The highest BCUT2D eigenvalue weighted by atomic mass is 32.2. The van der Waals surface area contributed by atoms with Crippen LogP contribution in [0.2, 0.25) is 0 Å². The van der Waals surface area contributed by atoms with E-state index < -0.39 is 16.6 Å². The van der Waals surface area contributed by atoms with Crippen molar-refractivity contribution in [2.45, 2.75) is 30.6 Å². The molecule has 4 rings (SSSR count). The maximum absolute atomic E-state index is 14.0. The number of rotatable bonds is 8. The minimum atomic E-state index is -0.745. The first-order valence-electron chi connectivity index (χ1n) is 10.3. The van der Waals surface area contributed by atoms with Gasteiger partial charge in [0.1, 0.15) is 5.82 Å². The molecule has 32 heavy (non-hydrogen) atoms. The van der Waals surface area contributed by atoms with Crippen molar-refractivity contribution in [1.82, 2.24) is 14.8 Å². The highest BCUT2D eigenvalue weighted by molar-refractivity contribution is 7.99. The van der Waals surface area contributed by atoms with Gasteiger partial charge in [-0.25, -0.2) is 4.39 Å². The summed E-state index contributed by atoms with van der Waals surface area (Å²) in [5, 5.41) is 22.4. The van der Waals surface area contributed by atoms with Crippen LogP contribution in [0.5, 0.6) is 0 Å².